The number of sulfonamides is 1. The number of carboxylic acids is 1. The molecule has 0 aliphatic carbocycles. The molecule has 8 heteroatoms. The Morgan fingerprint density at radius 3 is 2.21 bits per heavy atom. The van der Waals surface area contributed by atoms with Gasteiger partial charge in [-0.2, -0.15) is 0 Å². The second-order valence-electron chi connectivity index (χ2n) is 5.60. The molecular formula is C16H24N2O5S. The second kappa shape index (κ2) is 8.79. The first-order chi connectivity index (χ1) is 11.2. The van der Waals surface area contributed by atoms with Gasteiger partial charge in [0.15, 0.2) is 0 Å². The van der Waals surface area contributed by atoms with Gasteiger partial charge in [-0.25, -0.2) is 17.9 Å². The molecule has 0 aliphatic heterocycles. The largest absolute Gasteiger partial charge is 0.480 e. The van der Waals surface area contributed by atoms with Crippen molar-refractivity contribution in [3.05, 3.63) is 35.4 Å². The highest BCUT2D eigenvalue weighted by Crippen LogP contribution is 2.10. The summed E-state index contributed by atoms with van der Waals surface area (Å²) in [6, 6.07) is 5.40. The summed E-state index contributed by atoms with van der Waals surface area (Å²) >= 11 is 0. The molecule has 1 amide bonds. The molecule has 0 aromatic heterocycles. The second-order valence-corrected chi connectivity index (χ2v) is 7.69. The first kappa shape index (κ1) is 20.1. The van der Waals surface area contributed by atoms with Crippen molar-refractivity contribution in [2.24, 2.45) is 5.92 Å². The van der Waals surface area contributed by atoms with Crippen LogP contribution in [0.2, 0.25) is 0 Å². The molecule has 0 radical (unpaired) electrons. The average Bonchev–Trinajstić information content (AvgIpc) is 2.57. The lowest BCUT2D eigenvalue weighted by Crippen LogP contribution is -2.45. The van der Waals surface area contributed by atoms with Gasteiger partial charge in [0.25, 0.3) is 5.91 Å². The number of benzene rings is 1. The SMILES string of the molecule is CCC(C)C(NC(=O)c1ccc(CNS(=O)(=O)CC)cc1)C(=O)O. The van der Waals surface area contributed by atoms with Crippen LogP contribution in [0, 0.1) is 5.92 Å². The molecule has 1 rings (SSSR count). The van der Waals surface area contributed by atoms with E-state index >= 15 is 0 Å². The minimum Gasteiger partial charge on any atom is -0.480 e. The van der Waals surface area contributed by atoms with E-state index in [9.17, 15) is 23.1 Å². The maximum absolute atomic E-state index is 12.2. The molecule has 0 fully saturated rings. The van der Waals surface area contributed by atoms with E-state index in [1.165, 1.54) is 0 Å². The van der Waals surface area contributed by atoms with Crippen LogP contribution in [0.4, 0.5) is 0 Å². The molecule has 0 bridgehead atoms. The van der Waals surface area contributed by atoms with Gasteiger partial charge in [-0.15, -0.1) is 0 Å². The first-order valence-electron chi connectivity index (χ1n) is 7.80. The summed E-state index contributed by atoms with van der Waals surface area (Å²) in [6.45, 7) is 5.32. The number of carboxylic acid groups (broad SMARTS) is 1. The van der Waals surface area contributed by atoms with Crippen molar-refractivity contribution < 1.29 is 23.1 Å². The average molecular weight is 356 g/mol. The number of rotatable bonds is 9. The number of carbonyl (C=O) groups excluding carboxylic acids is 1. The minimum atomic E-state index is -3.28. The Morgan fingerprint density at radius 2 is 1.75 bits per heavy atom. The van der Waals surface area contributed by atoms with Crippen LogP contribution in [0.15, 0.2) is 24.3 Å². The van der Waals surface area contributed by atoms with Gasteiger partial charge in [0, 0.05) is 12.1 Å². The van der Waals surface area contributed by atoms with E-state index in [2.05, 4.69) is 10.0 Å². The number of hydrogen-bond acceptors (Lipinski definition) is 4. The lowest BCUT2D eigenvalue weighted by Gasteiger charge is -2.20. The molecular weight excluding hydrogens is 332 g/mol. The summed E-state index contributed by atoms with van der Waals surface area (Å²) in [5.74, 6) is -1.72. The third-order valence-corrected chi connectivity index (χ3v) is 5.20. The van der Waals surface area contributed by atoms with Crippen LogP contribution in [0.3, 0.4) is 0 Å². The van der Waals surface area contributed by atoms with Crippen LogP contribution in [0.25, 0.3) is 0 Å². The fraction of sp³-hybridized carbons (Fsp3) is 0.500. The summed E-state index contributed by atoms with van der Waals surface area (Å²) < 4.78 is 25.2. The van der Waals surface area contributed by atoms with Gasteiger partial charge in [0.1, 0.15) is 6.04 Å². The fourth-order valence-electron chi connectivity index (χ4n) is 1.98. The standard InChI is InChI=1S/C16H24N2O5S/c1-4-11(3)14(16(20)21)18-15(19)13-8-6-12(7-9-13)10-17-24(22,23)5-2/h6-9,11,14,17H,4-5,10H2,1-3H3,(H,18,19)(H,20,21). The molecule has 0 heterocycles. The predicted octanol–water partition coefficient (Wildman–Crippen LogP) is 1.35. The van der Waals surface area contributed by atoms with E-state index in [-0.39, 0.29) is 18.2 Å². The summed E-state index contributed by atoms with van der Waals surface area (Å²) in [5, 5.41) is 11.7. The lowest BCUT2D eigenvalue weighted by molar-refractivity contribution is -0.140. The molecule has 0 saturated heterocycles. The van der Waals surface area contributed by atoms with Crippen molar-refractivity contribution in [2.75, 3.05) is 5.75 Å². The van der Waals surface area contributed by atoms with Gasteiger partial charge < -0.3 is 10.4 Å². The highest BCUT2D eigenvalue weighted by Gasteiger charge is 2.25. The molecule has 0 saturated carbocycles. The van der Waals surface area contributed by atoms with Gasteiger partial charge in [-0.05, 0) is 30.5 Å². The molecule has 7 nitrogen and oxygen atoms in total. The van der Waals surface area contributed by atoms with Gasteiger partial charge in [0.05, 0.1) is 5.75 Å². The van der Waals surface area contributed by atoms with Crippen molar-refractivity contribution in [3.63, 3.8) is 0 Å². The molecule has 1 aromatic carbocycles. The van der Waals surface area contributed by atoms with Crippen LogP contribution in [0.1, 0.15) is 43.1 Å². The van der Waals surface area contributed by atoms with Crippen molar-refractivity contribution in [3.8, 4) is 0 Å². The van der Waals surface area contributed by atoms with E-state index in [1.54, 1.807) is 38.1 Å². The zero-order valence-electron chi connectivity index (χ0n) is 14.1. The number of amides is 1. The van der Waals surface area contributed by atoms with Gasteiger partial charge in [-0.1, -0.05) is 32.4 Å². The third kappa shape index (κ3) is 5.93. The summed E-state index contributed by atoms with van der Waals surface area (Å²) in [7, 11) is -3.28. The Labute approximate surface area is 142 Å². The monoisotopic (exact) mass is 356 g/mol. The third-order valence-electron chi connectivity index (χ3n) is 3.86. The van der Waals surface area contributed by atoms with Gasteiger partial charge in [-0.3, -0.25) is 4.79 Å². The molecule has 2 unspecified atom stereocenters. The van der Waals surface area contributed by atoms with E-state index in [0.717, 1.165) is 0 Å². The molecule has 24 heavy (non-hydrogen) atoms. The quantitative estimate of drug-likeness (QED) is 0.618. The van der Waals surface area contributed by atoms with E-state index in [4.69, 9.17) is 0 Å². The maximum Gasteiger partial charge on any atom is 0.326 e. The lowest BCUT2D eigenvalue weighted by atomic mass is 9.99. The molecule has 2 atom stereocenters. The van der Waals surface area contributed by atoms with Crippen molar-refractivity contribution in [1.29, 1.82) is 0 Å². The van der Waals surface area contributed by atoms with E-state index in [1.807, 2.05) is 6.92 Å². The summed E-state index contributed by atoms with van der Waals surface area (Å²) in [5.41, 5.74) is 1.03. The molecule has 1 aromatic rings. The Morgan fingerprint density at radius 1 is 1.17 bits per heavy atom. The summed E-state index contributed by atoms with van der Waals surface area (Å²) in [6.07, 6.45) is 0.633. The zero-order valence-corrected chi connectivity index (χ0v) is 14.9. The normalized spacial score (nSPS) is 14.0. The van der Waals surface area contributed by atoms with E-state index in [0.29, 0.717) is 17.5 Å². The van der Waals surface area contributed by atoms with Crippen LogP contribution >= 0.6 is 0 Å². The topological polar surface area (TPSA) is 113 Å². The highest BCUT2D eigenvalue weighted by atomic mass is 32.2. The fourth-order valence-corrected chi connectivity index (χ4v) is 2.57. The minimum absolute atomic E-state index is 0.000318. The van der Waals surface area contributed by atoms with Gasteiger partial charge >= 0.3 is 5.97 Å². The van der Waals surface area contributed by atoms with Crippen molar-refractivity contribution >= 4 is 21.9 Å². The summed E-state index contributed by atoms with van der Waals surface area (Å²) in [4.78, 5) is 23.4. The first-order valence-corrected chi connectivity index (χ1v) is 9.45. The Kier molecular flexibility index (Phi) is 7.37. The van der Waals surface area contributed by atoms with Crippen molar-refractivity contribution in [2.45, 2.75) is 39.8 Å². The maximum atomic E-state index is 12.2. The predicted molar refractivity (Wildman–Crippen MR) is 91.1 cm³/mol. The molecule has 0 aliphatic rings. The van der Waals surface area contributed by atoms with Crippen LogP contribution in [0.5, 0.6) is 0 Å². The van der Waals surface area contributed by atoms with Gasteiger partial charge in [0.2, 0.25) is 10.0 Å². The number of carbonyl (C=O) groups is 2. The zero-order chi connectivity index (χ0) is 18.3. The van der Waals surface area contributed by atoms with Crippen LogP contribution in [-0.4, -0.2) is 37.2 Å². The Bertz CT molecular complexity index is 670. The molecule has 3 N–H and O–H groups in total. The smallest absolute Gasteiger partial charge is 0.326 e. The van der Waals surface area contributed by atoms with Crippen molar-refractivity contribution in [1.82, 2.24) is 10.0 Å². The number of hydrogen-bond donors (Lipinski definition) is 3. The Hall–Kier alpha value is -1.93. The number of nitrogens with one attached hydrogen (secondary N) is 2. The van der Waals surface area contributed by atoms with Crippen LogP contribution in [-0.2, 0) is 21.4 Å². The highest BCUT2D eigenvalue weighted by molar-refractivity contribution is 7.89. The number of aliphatic carboxylic acids is 1. The molecule has 134 valence electrons. The van der Waals surface area contributed by atoms with E-state index < -0.39 is 27.9 Å². The van der Waals surface area contributed by atoms with Crippen LogP contribution < -0.4 is 10.0 Å². The Balaban J connectivity index is 2.74. The molecule has 0 spiro atoms.